The number of carbonyl (C=O) groups is 1. The molecule has 1 amide bonds. The molecule has 0 aliphatic rings. The molecule has 130 valence electrons. The predicted molar refractivity (Wildman–Crippen MR) is 104 cm³/mol. The summed E-state index contributed by atoms with van der Waals surface area (Å²) in [4.78, 5) is 12.4. The van der Waals surface area contributed by atoms with Crippen molar-refractivity contribution in [1.29, 1.82) is 0 Å². The van der Waals surface area contributed by atoms with E-state index >= 15 is 0 Å². The van der Waals surface area contributed by atoms with Gasteiger partial charge >= 0.3 is 0 Å². The summed E-state index contributed by atoms with van der Waals surface area (Å²) >= 11 is 0. The minimum absolute atomic E-state index is 0.270. The van der Waals surface area contributed by atoms with Crippen molar-refractivity contribution in [3.05, 3.63) is 101 Å². The second-order valence-corrected chi connectivity index (χ2v) is 5.86. The van der Waals surface area contributed by atoms with Gasteiger partial charge in [-0.3, -0.25) is 4.79 Å². The Morgan fingerprint density at radius 3 is 2.00 bits per heavy atom. The van der Waals surface area contributed by atoms with E-state index in [1.807, 2.05) is 61.5 Å². The quantitative estimate of drug-likeness (QED) is 0.557. The van der Waals surface area contributed by atoms with Crippen LogP contribution in [-0.2, 0) is 0 Å². The first-order valence-corrected chi connectivity index (χ1v) is 8.32. The van der Waals surface area contributed by atoms with Crippen LogP contribution in [0, 0.1) is 6.92 Å². The average molecular weight is 344 g/mol. The predicted octanol–water partition coefficient (Wildman–Crippen LogP) is 4.19. The SMILES string of the molecule is COc1ccc(C(=O)N/N=C(/c2ccccc2)c2ccc(C)cc2)cc1. The van der Waals surface area contributed by atoms with Crippen LogP contribution in [0.25, 0.3) is 0 Å². The number of aryl methyl sites for hydroxylation is 1. The molecule has 0 spiro atoms. The van der Waals surface area contributed by atoms with Gasteiger partial charge in [-0.25, -0.2) is 5.43 Å². The third-order valence-corrected chi connectivity index (χ3v) is 3.99. The van der Waals surface area contributed by atoms with Crippen molar-refractivity contribution >= 4 is 11.6 Å². The first-order chi connectivity index (χ1) is 12.7. The molecule has 0 bridgehead atoms. The first-order valence-electron chi connectivity index (χ1n) is 8.32. The fourth-order valence-corrected chi connectivity index (χ4v) is 2.52. The molecule has 3 rings (SSSR count). The summed E-state index contributed by atoms with van der Waals surface area (Å²) in [6, 6.07) is 24.7. The second kappa shape index (κ2) is 8.12. The van der Waals surface area contributed by atoms with Gasteiger partial charge in [0, 0.05) is 16.7 Å². The lowest BCUT2D eigenvalue weighted by Crippen LogP contribution is -2.20. The van der Waals surface area contributed by atoms with Gasteiger partial charge in [-0.2, -0.15) is 5.10 Å². The summed E-state index contributed by atoms with van der Waals surface area (Å²) in [5, 5.41) is 4.40. The Bertz CT molecular complexity index is 899. The normalized spacial score (nSPS) is 11.1. The summed E-state index contributed by atoms with van der Waals surface area (Å²) < 4.78 is 5.11. The number of nitrogens with zero attached hydrogens (tertiary/aromatic N) is 1. The van der Waals surface area contributed by atoms with E-state index in [2.05, 4.69) is 10.5 Å². The zero-order chi connectivity index (χ0) is 18.4. The number of amides is 1. The van der Waals surface area contributed by atoms with Crippen molar-refractivity contribution in [2.45, 2.75) is 6.92 Å². The Balaban J connectivity index is 1.88. The van der Waals surface area contributed by atoms with Crippen LogP contribution in [-0.4, -0.2) is 18.7 Å². The zero-order valence-corrected chi connectivity index (χ0v) is 14.8. The molecule has 0 atom stereocenters. The minimum Gasteiger partial charge on any atom is -0.497 e. The maximum absolute atomic E-state index is 12.4. The van der Waals surface area contributed by atoms with Crippen LogP contribution in [0.3, 0.4) is 0 Å². The van der Waals surface area contributed by atoms with Crippen LogP contribution >= 0.6 is 0 Å². The number of hydrazone groups is 1. The smallest absolute Gasteiger partial charge is 0.271 e. The number of rotatable bonds is 5. The number of hydrogen-bond donors (Lipinski definition) is 1. The molecule has 1 N–H and O–H groups in total. The molecule has 0 radical (unpaired) electrons. The van der Waals surface area contributed by atoms with Crippen molar-refractivity contribution < 1.29 is 9.53 Å². The third kappa shape index (κ3) is 4.16. The highest BCUT2D eigenvalue weighted by Gasteiger charge is 2.09. The Labute approximate surface area is 153 Å². The summed E-state index contributed by atoms with van der Waals surface area (Å²) in [5.41, 5.74) is 6.94. The first kappa shape index (κ1) is 17.4. The highest BCUT2D eigenvalue weighted by molar-refractivity contribution is 6.13. The van der Waals surface area contributed by atoms with E-state index in [-0.39, 0.29) is 5.91 Å². The topological polar surface area (TPSA) is 50.7 Å². The van der Waals surface area contributed by atoms with Gasteiger partial charge in [0.15, 0.2) is 0 Å². The molecular formula is C22H20N2O2. The van der Waals surface area contributed by atoms with Gasteiger partial charge in [0.1, 0.15) is 5.75 Å². The molecule has 0 heterocycles. The van der Waals surface area contributed by atoms with Gasteiger partial charge in [0.05, 0.1) is 12.8 Å². The molecule has 3 aromatic carbocycles. The lowest BCUT2D eigenvalue weighted by Gasteiger charge is -2.09. The fraction of sp³-hybridized carbons (Fsp3) is 0.0909. The molecule has 0 aliphatic carbocycles. The van der Waals surface area contributed by atoms with E-state index in [1.54, 1.807) is 31.4 Å². The van der Waals surface area contributed by atoms with E-state index in [1.165, 1.54) is 5.56 Å². The number of ether oxygens (including phenoxy) is 1. The monoisotopic (exact) mass is 344 g/mol. The van der Waals surface area contributed by atoms with Crippen LogP contribution in [0.4, 0.5) is 0 Å². The average Bonchev–Trinajstić information content (AvgIpc) is 2.70. The molecule has 4 heteroatoms. The maximum atomic E-state index is 12.4. The Hall–Kier alpha value is -3.40. The van der Waals surface area contributed by atoms with Gasteiger partial charge < -0.3 is 4.74 Å². The molecule has 0 aliphatic heterocycles. The number of benzene rings is 3. The lowest BCUT2D eigenvalue weighted by atomic mass is 10.0. The van der Waals surface area contributed by atoms with E-state index in [9.17, 15) is 4.79 Å². The number of methoxy groups -OCH3 is 1. The number of nitrogens with one attached hydrogen (secondary N) is 1. The molecule has 0 saturated heterocycles. The van der Waals surface area contributed by atoms with Gasteiger partial charge in [-0.05, 0) is 31.2 Å². The maximum Gasteiger partial charge on any atom is 0.271 e. The molecule has 0 saturated carbocycles. The number of carbonyl (C=O) groups excluding carboxylic acids is 1. The van der Waals surface area contributed by atoms with Crippen molar-refractivity contribution in [2.75, 3.05) is 7.11 Å². The minimum atomic E-state index is -0.270. The van der Waals surface area contributed by atoms with Crippen LogP contribution in [0.15, 0.2) is 84.0 Å². The van der Waals surface area contributed by atoms with Crippen molar-refractivity contribution in [1.82, 2.24) is 5.43 Å². The van der Waals surface area contributed by atoms with Crippen LogP contribution in [0.2, 0.25) is 0 Å². The summed E-state index contributed by atoms with van der Waals surface area (Å²) in [7, 11) is 1.59. The molecule has 26 heavy (non-hydrogen) atoms. The van der Waals surface area contributed by atoms with Gasteiger partial charge in [-0.1, -0.05) is 60.2 Å². The van der Waals surface area contributed by atoms with Crippen molar-refractivity contribution in [3.8, 4) is 5.75 Å². The molecule has 3 aromatic rings. The highest BCUT2D eigenvalue weighted by atomic mass is 16.5. The van der Waals surface area contributed by atoms with E-state index in [0.29, 0.717) is 17.0 Å². The van der Waals surface area contributed by atoms with Crippen LogP contribution in [0.1, 0.15) is 27.0 Å². The Morgan fingerprint density at radius 1 is 0.808 bits per heavy atom. The van der Waals surface area contributed by atoms with E-state index in [4.69, 9.17) is 4.74 Å². The van der Waals surface area contributed by atoms with Gasteiger partial charge in [0.2, 0.25) is 0 Å². The Kier molecular flexibility index (Phi) is 5.44. The zero-order valence-electron chi connectivity index (χ0n) is 14.8. The second-order valence-electron chi connectivity index (χ2n) is 5.86. The summed E-state index contributed by atoms with van der Waals surface area (Å²) in [5.74, 6) is 0.433. The summed E-state index contributed by atoms with van der Waals surface area (Å²) in [6.45, 7) is 2.04. The molecule has 0 aromatic heterocycles. The van der Waals surface area contributed by atoms with Crippen LogP contribution in [0.5, 0.6) is 5.75 Å². The lowest BCUT2D eigenvalue weighted by molar-refractivity contribution is 0.0955. The molecule has 0 fully saturated rings. The fourth-order valence-electron chi connectivity index (χ4n) is 2.52. The molecule has 0 unspecified atom stereocenters. The molecule has 4 nitrogen and oxygen atoms in total. The van der Waals surface area contributed by atoms with Gasteiger partial charge in [0.25, 0.3) is 5.91 Å². The Morgan fingerprint density at radius 2 is 1.38 bits per heavy atom. The largest absolute Gasteiger partial charge is 0.497 e. The van der Waals surface area contributed by atoms with Crippen LogP contribution < -0.4 is 10.2 Å². The number of hydrogen-bond acceptors (Lipinski definition) is 3. The van der Waals surface area contributed by atoms with E-state index < -0.39 is 0 Å². The third-order valence-electron chi connectivity index (χ3n) is 3.99. The summed E-state index contributed by atoms with van der Waals surface area (Å²) in [6.07, 6.45) is 0. The van der Waals surface area contributed by atoms with E-state index in [0.717, 1.165) is 11.1 Å². The molecular weight excluding hydrogens is 324 g/mol. The standard InChI is InChI=1S/C22H20N2O2/c1-16-8-10-18(11-9-16)21(17-6-4-3-5-7-17)23-24-22(25)19-12-14-20(26-2)15-13-19/h3-15H,1-2H3,(H,24,25)/b23-21-. The van der Waals surface area contributed by atoms with Gasteiger partial charge in [-0.15, -0.1) is 0 Å². The van der Waals surface area contributed by atoms with Crippen molar-refractivity contribution in [3.63, 3.8) is 0 Å². The van der Waals surface area contributed by atoms with Crippen molar-refractivity contribution in [2.24, 2.45) is 5.10 Å². The highest BCUT2D eigenvalue weighted by Crippen LogP contribution is 2.13.